The van der Waals surface area contributed by atoms with Gasteiger partial charge in [0.25, 0.3) is 0 Å². The summed E-state index contributed by atoms with van der Waals surface area (Å²) < 4.78 is 13.4. The first-order chi connectivity index (χ1) is 8.22. The number of benzene rings is 1. The van der Waals surface area contributed by atoms with Crippen LogP contribution < -0.4 is 5.32 Å². The minimum absolute atomic E-state index is 0.119. The molecular weight excluding hydrogens is 213 g/mol. The highest BCUT2D eigenvalue weighted by molar-refractivity contribution is 5.30. The number of rotatable bonds is 4. The lowest BCUT2D eigenvalue weighted by molar-refractivity contribution is 0.372. The molecular formula is C15H22FN. The molecule has 1 saturated carbocycles. The predicted octanol–water partition coefficient (Wildman–Crippen LogP) is 3.97. The Labute approximate surface area is 103 Å². The molecule has 1 aromatic rings. The van der Waals surface area contributed by atoms with E-state index in [4.69, 9.17) is 0 Å². The molecule has 0 radical (unpaired) electrons. The van der Waals surface area contributed by atoms with E-state index in [1.54, 1.807) is 12.1 Å². The Morgan fingerprint density at radius 1 is 1.35 bits per heavy atom. The van der Waals surface area contributed by atoms with Crippen molar-refractivity contribution in [1.82, 2.24) is 5.32 Å². The third-order valence-corrected chi connectivity index (χ3v) is 3.87. The number of hydrogen-bond acceptors (Lipinski definition) is 1. The summed E-state index contributed by atoms with van der Waals surface area (Å²) in [6.45, 7) is 5.14. The van der Waals surface area contributed by atoms with Crippen molar-refractivity contribution in [2.24, 2.45) is 5.92 Å². The highest BCUT2D eigenvalue weighted by Gasteiger charge is 2.26. The van der Waals surface area contributed by atoms with E-state index in [1.165, 1.54) is 31.2 Å². The standard InChI is InChI=1S/C15H22FN/c1-3-17-15(12-6-4-5-7-12)14-10-13(16)9-8-11(14)2/h8-10,12,15,17H,3-7H2,1-2H3. The fourth-order valence-electron chi connectivity index (χ4n) is 2.99. The van der Waals surface area contributed by atoms with Crippen LogP contribution in [-0.2, 0) is 0 Å². The van der Waals surface area contributed by atoms with Crippen LogP contribution in [0.5, 0.6) is 0 Å². The quantitative estimate of drug-likeness (QED) is 0.832. The molecule has 1 fully saturated rings. The second-order valence-corrected chi connectivity index (χ2v) is 5.08. The van der Waals surface area contributed by atoms with Crippen LogP contribution >= 0.6 is 0 Å². The maximum absolute atomic E-state index is 13.4. The van der Waals surface area contributed by atoms with Gasteiger partial charge in [-0.2, -0.15) is 0 Å². The lowest BCUT2D eigenvalue weighted by Crippen LogP contribution is -2.27. The largest absolute Gasteiger partial charge is 0.310 e. The molecule has 1 N–H and O–H groups in total. The maximum Gasteiger partial charge on any atom is 0.123 e. The van der Waals surface area contributed by atoms with Crippen LogP contribution in [0.4, 0.5) is 4.39 Å². The van der Waals surface area contributed by atoms with E-state index < -0.39 is 0 Å². The van der Waals surface area contributed by atoms with Crippen LogP contribution in [0.25, 0.3) is 0 Å². The number of aryl methyl sites for hydroxylation is 1. The molecule has 17 heavy (non-hydrogen) atoms. The molecule has 94 valence electrons. The second kappa shape index (κ2) is 5.63. The Kier molecular flexibility index (Phi) is 4.16. The van der Waals surface area contributed by atoms with Gasteiger partial charge in [-0.05, 0) is 55.5 Å². The third-order valence-electron chi connectivity index (χ3n) is 3.87. The number of nitrogens with one attached hydrogen (secondary N) is 1. The monoisotopic (exact) mass is 235 g/mol. The van der Waals surface area contributed by atoms with Crippen molar-refractivity contribution in [2.75, 3.05) is 6.54 Å². The summed E-state index contributed by atoms with van der Waals surface area (Å²) in [5.41, 5.74) is 2.35. The van der Waals surface area contributed by atoms with Crippen LogP contribution in [0.3, 0.4) is 0 Å². The lowest BCUT2D eigenvalue weighted by Gasteiger charge is -2.26. The van der Waals surface area contributed by atoms with Crippen LogP contribution in [-0.4, -0.2) is 6.54 Å². The Bertz CT molecular complexity index is 369. The SMILES string of the molecule is CCNC(c1cc(F)ccc1C)C1CCCC1. The van der Waals surface area contributed by atoms with Crippen molar-refractivity contribution in [3.63, 3.8) is 0 Å². The molecule has 1 aliphatic carbocycles. The molecule has 0 amide bonds. The topological polar surface area (TPSA) is 12.0 Å². The zero-order chi connectivity index (χ0) is 12.3. The molecule has 1 unspecified atom stereocenters. The van der Waals surface area contributed by atoms with Gasteiger partial charge in [0, 0.05) is 6.04 Å². The van der Waals surface area contributed by atoms with Crippen molar-refractivity contribution in [2.45, 2.75) is 45.6 Å². The van der Waals surface area contributed by atoms with Gasteiger partial charge in [-0.3, -0.25) is 0 Å². The van der Waals surface area contributed by atoms with E-state index >= 15 is 0 Å². The molecule has 1 atom stereocenters. The predicted molar refractivity (Wildman–Crippen MR) is 69.5 cm³/mol. The average Bonchev–Trinajstić information content (AvgIpc) is 2.83. The smallest absolute Gasteiger partial charge is 0.123 e. The van der Waals surface area contributed by atoms with E-state index in [0.29, 0.717) is 12.0 Å². The Morgan fingerprint density at radius 3 is 2.71 bits per heavy atom. The van der Waals surface area contributed by atoms with Gasteiger partial charge in [-0.1, -0.05) is 25.8 Å². The summed E-state index contributed by atoms with van der Waals surface area (Å²) in [4.78, 5) is 0. The zero-order valence-corrected chi connectivity index (χ0v) is 10.8. The number of hydrogen-bond donors (Lipinski definition) is 1. The van der Waals surface area contributed by atoms with E-state index in [1.807, 2.05) is 6.07 Å². The summed E-state index contributed by atoms with van der Waals surface area (Å²) in [5.74, 6) is 0.557. The summed E-state index contributed by atoms with van der Waals surface area (Å²) in [6, 6.07) is 5.49. The molecule has 1 nitrogen and oxygen atoms in total. The van der Waals surface area contributed by atoms with Gasteiger partial charge < -0.3 is 5.32 Å². The van der Waals surface area contributed by atoms with Gasteiger partial charge in [0.15, 0.2) is 0 Å². The van der Waals surface area contributed by atoms with Crippen LogP contribution in [0, 0.1) is 18.7 Å². The molecule has 0 heterocycles. The fourth-order valence-corrected chi connectivity index (χ4v) is 2.99. The van der Waals surface area contributed by atoms with Crippen molar-refractivity contribution in [3.8, 4) is 0 Å². The van der Waals surface area contributed by atoms with Crippen LogP contribution in [0.1, 0.15) is 49.8 Å². The first-order valence-electron chi connectivity index (χ1n) is 6.71. The van der Waals surface area contributed by atoms with E-state index in [-0.39, 0.29) is 5.82 Å². The summed E-state index contributed by atoms with van der Waals surface area (Å²) in [6.07, 6.45) is 5.18. The highest BCUT2D eigenvalue weighted by atomic mass is 19.1. The average molecular weight is 235 g/mol. The zero-order valence-electron chi connectivity index (χ0n) is 10.8. The van der Waals surface area contributed by atoms with E-state index in [9.17, 15) is 4.39 Å². The summed E-state index contributed by atoms with van der Waals surface area (Å²) in [7, 11) is 0. The van der Waals surface area contributed by atoms with Gasteiger partial charge in [0.1, 0.15) is 5.82 Å². The summed E-state index contributed by atoms with van der Waals surface area (Å²) >= 11 is 0. The van der Waals surface area contributed by atoms with Crippen LogP contribution in [0.15, 0.2) is 18.2 Å². The van der Waals surface area contributed by atoms with Gasteiger partial charge in [0.2, 0.25) is 0 Å². The first-order valence-corrected chi connectivity index (χ1v) is 6.71. The number of halogens is 1. The molecule has 1 aromatic carbocycles. The molecule has 2 rings (SSSR count). The molecule has 0 aromatic heterocycles. The Balaban J connectivity index is 2.27. The fraction of sp³-hybridized carbons (Fsp3) is 0.600. The molecule has 0 spiro atoms. The van der Waals surface area contributed by atoms with Gasteiger partial charge in [-0.25, -0.2) is 4.39 Å². The molecule has 1 aliphatic rings. The van der Waals surface area contributed by atoms with Crippen molar-refractivity contribution >= 4 is 0 Å². The van der Waals surface area contributed by atoms with Crippen molar-refractivity contribution in [3.05, 3.63) is 35.1 Å². The third kappa shape index (κ3) is 2.86. The summed E-state index contributed by atoms with van der Waals surface area (Å²) in [5, 5.41) is 3.54. The van der Waals surface area contributed by atoms with Crippen molar-refractivity contribution < 1.29 is 4.39 Å². The van der Waals surface area contributed by atoms with Gasteiger partial charge >= 0.3 is 0 Å². The Morgan fingerprint density at radius 2 is 2.06 bits per heavy atom. The molecule has 2 heteroatoms. The minimum atomic E-state index is -0.119. The first kappa shape index (κ1) is 12.6. The van der Waals surface area contributed by atoms with Gasteiger partial charge in [-0.15, -0.1) is 0 Å². The molecule has 0 saturated heterocycles. The van der Waals surface area contributed by atoms with Crippen LogP contribution in [0.2, 0.25) is 0 Å². The van der Waals surface area contributed by atoms with Gasteiger partial charge in [0.05, 0.1) is 0 Å². The lowest BCUT2D eigenvalue weighted by atomic mass is 9.89. The van der Waals surface area contributed by atoms with Crippen molar-refractivity contribution in [1.29, 1.82) is 0 Å². The normalized spacial score (nSPS) is 18.5. The molecule has 0 bridgehead atoms. The maximum atomic E-state index is 13.4. The highest BCUT2D eigenvalue weighted by Crippen LogP contribution is 2.36. The van der Waals surface area contributed by atoms with E-state index in [2.05, 4.69) is 19.2 Å². The second-order valence-electron chi connectivity index (χ2n) is 5.08. The van der Waals surface area contributed by atoms with E-state index in [0.717, 1.165) is 12.1 Å². The Hall–Kier alpha value is -0.890. The minimum Gasteiger partial charge on any atom is -0.310 e. The molecule has 0 aliphatic heterocycles.